The highest BCUT2D eigenvalue weighted by atomic mass is 19.1. The zero-order valence-electron chi connectivity index (χ0n) is 16.9. The minimum atomic E-state index is -1.15. The van der Waals surface area contributed by atoms with Gasteiger partial charge in [0, 0.05) is 11.7 Å². The number of fused-ring (bicyclic) bond motifs is 1. The Bertz CT molecular complexity index is 1060. The monoisotopic (exact) mass is 428 g/mol. The molecule has 4 heterocycles. The molecule has 0 unspecified atom stereocenters. The van der Waals surface area contributed by atoms with Crippen LogP contribution in [0, 0.1) is 5.95 Å². The molecule has 0 radical (unpaired) electrons. The first kappa shape index (κ1) is 20.2. The number of aliphatic hydroxyl groups excluding tert-OH is 2. The number of aromatic nitrogens is 5. The van der Waals surface area contributed by atoms with Gasteiger partial charge in [-0.2, -0.15) is 4.39 Å². The Hall–Kier alpha value is -2.69. The number of aryl methyl sites for hydroxylation is 1. The average molecular weight is 428 g/mol. The van der Waals surface area contributed by atoms with Crippen molar-refractivity contribution in [3.63, 3.8) is 0 Å². The lowest BCUT2D eigenvalue weighted by molar-refractivity contribution is -0.0368. The summed E-state index contributed by atoms with van der Waals surface area (Å²) < 4.78 is 20.9. The smallest absolute Gasteiger partial charge is 0.213 e. The van der Waals surface area contributed by atoms with Gasteiger partial charge in [-0.1, -0.05) is 18.9 Å². The summed E-state index contributed by atoms with van der Waals surface area (Å²) in [6.07, 6.45) is 4.73. The summed E-state index contributed by atoms with van der Waals surface area (Å²) in [6.45, 7) is 0. The molecule has 0 spiro atoms. The summed E-state index contributed by atoms with van der Waals surface area (Å²) in [7, 11) is 0. The summed E-state index contributed by atoms with van der Waals surface area (Å²) >= 11 is 0. The minimum Gasteiger partial charge on any atom is -0.388 e. The minimum absolute atomic E-state index is 0.374. The van der Waals surface area contributed by atoms with Gasteiger partial charge in [0.15, 0.2) is 23.2 Å². The van der Waals surface area contributed by atoms with E-state index in [2.05, 4.69) is 25.3 Å². The molecule has 9 nitrogen and oxygen atoms in total. The van der Waals surface area contributed by atoms with Crippen LogP contribution in [0.4, 0.5) is 10.2 Å². The second-order valence-electron chi connectivity index (χ2n) is 8.21. The first-order valence-corrected chi connectivity index (χ1v) is 10.7. The maximum absolute atomic E-state index is 13.3. The molecule has 31 heavy (non-hydrogen) atoms. The number of nitrogens with one attached hydrogen (secondary N) is 1. The van der Waals surface area contributed by atoms with Crippen molar-refractivity contribution in [3.05, 3.63) is 42.5 Å². The normalized spacial score (nSPS) is 26.7. The predicted molar refractivity (Wildman–Crippen MR) is 110 cm³/mol. The SMILES string of the molecule is O[C@@H]1[C@H](O)[C@@H](CCc2cccc(F)n2)O[C@H]1n1cnc2c(NC3CCCC3)ncnc21. The molecular weight excluding hydrogens is 403 g/mol. The highest BCUT2D eigenvalue weighted by Gasteiger charge is 2.44. The number of hydrogen-bond acceptors (Lipinski definition) is 8. The van der Waals surface area contributed by atoms with Gasteiger partial charge in [0.2, 0.25) is 5.95 Å². The van der Waals surface area contributed by atoms with Crippen LogP contribution in [0.1, 0.15) is 44.0 Å². The van der Waals surface area contributed by atoms with E-state index in [-0.39, 0.29) is 0 Å². The van der Waals surface area contributed by atoms with Crippen molar-refractivity contribution in [1.82, 2.24) is 24.5 Å². The highest BCUT2D eigenvalue weighted by Crippen LogP contribution is 2.34. The van der Waals surface area contributed by atoms with E-state index in [4.69, 9.17) is 4.74 Å². The van der Waals surface area contributed by atoms with Crippen molar-refractivity contribution in [2.24, 2.45) is 0 Å². The van der Waals surface area contributed by atoms with E-state index in [1.165, 1.54) is 25.2 Å². The lowest BCUT2D eigenvalue weighted by Crippen LogP contribution is -2.31. The highest BCUT2D eigenvalue weighted by molar-refractivity contribution is 5.82. The summed E-state index contributed by atoms with van der Waals surface area (Å²) in [4.78, 5) is 17.0. The Kier molecular flexibility index (Phi) is 5.51. The lowest BCUT2D eigenvalue weighted by atomic mass is 10.0. The zero-order chi connectivity index (χ0) is 21.4. The van der Waals surface area contributed by atoms with E-state index < -0.39 is 30.5 Å². The van der Waals surface area contributed by atoms with E-state index in [1.807, 2.05) is 0 Å². The maximum Gasteiger partial charge on any atom is 0.213 e. The Labute approximate surface area is 178 Å². The van der Waals surface area contributed by atoms with Gasteiger partial charge in [0.25, 0.3) is 0 Å². The van der Waals surface area contributed by atoms with Gasteiger partial charge in [-0.05, 0) is 37.8 Å². The standard InChI is InChI=1S/C21H25FN6O3/c22-15-7-3-6-13(26-15)8-9-14-17(29)18(30)21(31-14)28-11-25-16-19(23-10-24-20(16)28)27-12-4-1-2-5-12/h3,6-7,10-12,14,17-18,21,29-30H,1-2,4-5,8-9H2,(H,23,24,27)/t14-,17-,18-,21-/m1/s1. The third-order valence-corrected chi connectivity index (χ3v) is 6.12. The van der Waals surface area contributed by atoms with Crippen LogP contribution in [0.2, 0.25) is 0 Å². The van der Waals surface area contributed by atoms with E-state index in [0.29, 0.717) is 41.6 Å². The molecule has 0 aromatic carbocycles. The van der Waals surface area contributed by atoms with Crippen LogP contribution in [-0.2, 0) is 11.2 Å². The van der Waals surface area contributed by atoms with Crippen molar-refractivity contribution >= 4 is 17.0 Å². The molecule has 1 saturated carbocycles. The molecule has 164 valence electrons. The van der Waals surface area contributed by atoms with Crippen LogP contribution in [0.5, 0.6) is 0 Å². The number of hydrogen-bond donors (Lipinski definition) is 3. The Morgan fingerprint density at radius 1 is 1.13 bits per heavy atom. The lowest BCUT2D eigenvalue weighted by Gasteiger charge is -2.17. The van der Waals surface area contributed by atoms with Gasteiger partial charge in [-0.25, -0.2) is 19.9 Å². The molecule has 3 aromatic heterocycles. The first-order chi connectivity index (χ1) is 15.1. The number of anilines is 1. The molecule has 0 amide bonds. The van der Waals surface area contributed by atoms with Crippen molar-refractivity contribution in [2.75, 3.05) is 5.32 Å². The zero-order valence-corrected chi connectivity index (χ0v) is 16.9. The number of nitrogens with zero attached hydrogens (tertiary/aromatic N) is 5. The van der Waals surface area contributed by atoms with Crippen LogP contribution < -0.4 is 5.32 Å². The van der Waals surface area contributed by atoms with Crippen LogP contribution in [0.25, 0.3) is 11.2 Å². The van der Waals surface area contributed by atoms with Crippen molar-refractivity contribution in [2.45, 2.75) is 69.1 Å². The molecule has 3 N–H and O–H groups in total. The number of ether oxygens (including phenoxy) is 1. The molecule has 4 atom stereocenters. The largest absolute Gasteiger partial charge is 0.388 e. The topological polar surface area (TPSA) is 118 Å². The van der Waals surface area contributed by atoms with Crippen molar-refractivity contribution in [3.8, 4) is 0 Å². The molecule has 1 aliphatic heterocycles. The third-order valence-electron chi connectivity index (χ3n) is 6.12. The Morgan fingerprint density at radius 2 is 1.97 bits per heavy atom. The number of pyridine rings is 1. The van der Waals surface area contributed by atoms with Gasteiger partial charge >= 0.3 is 0 Å². The predicted octanol–water partition coefficient (Wildman–Crippen LogP) is 1.97. The molecule has 2 fully saturated rings. The summed E-state index contributed by atoms with van der Waals surface area (Å²) in [6, 6.07) is 4.97. The second kappa shape index (κ2) is 8.45. The Morgan fingerprint density at radius 3 is 2.77 bits per heavy atom. The van der Waals surface area contributed by atoms with Gasteiger partial charge in [-0.15, -0.1) is 0 Å². The molecular formula is C21H25FN6O3. The molecule has 1 saturated heterocycles. The fourth-order valence-corrected chi connectivity index (χ4v) is 4.48. The summed E-state index contributed by atoms with van der Waals surface area (Å²) in [5.41, 5.74) is 1.70. The number of aliphatic hydroxyl groups is 2. The van der Waals surface area contributed by atoms with E-state index in [0.717, 1.165) is 12.8 Å². The van der Waals surface area contributed by atoms with Crippen LogP contribution in [0.3, 0.4) is 0 Å². The molecule has 3 aromatic rings. The molecule has 10 heteroatoms. The molecule has 1 aliphatic carbocycles. The summed E-state index contributed by atoms with van der Waals surface area (Å²) in [5.74, 6) is 0.118. The first-order valence-electron chi connectivity index (χ1n) is 10.7. The second-order valence-corrected chi connectivity index (χ2v) is 8.21. The van der Waals surface area contributed by atoms with E-state index >= 15 is 0 Å². The van der Waals surface area contributed by atoms with E-state index in [1.54, 1.807) is 23.0 Å². The maximum atomic E-state index is 13.3. The molecule has 0 bridgehead atoms. The number of halogens is 1. The van der Waals surface area contributed by atoms with Crippen molar-refractivity contribution in [1.29, 1.82) is 0 Å². The Balaban J connectivity index is 1.33. The van der Waals surface area contributed by atoms with Gasteiger partial charge in [-0.3, -0.25) is 4.57 Å². The van der Waals surface area contributed by atoms with Crippen LogP contribution in [0.15, 0.2) is 30.9 Å². The van der Waals surface area contributed by atoms with Crippen molar-refractivity contribution < 1.29 is 19.3 Å². The number of imidazole rings is 1. The summed E-state index contributed by atoms with van der Waals surface area (Å²) in [5, 5.41) is 24.6. The quantitative estimate of drug-likeness (QED) is 0.510. The van der Waals surface area contributed by atoms with Gasteiger partial charge in [0.05, 0.1) is 12.4 Å². The number of rotatable bonds is 6. The van der Waals surface area contributed by atoms with E-state index in [9.17, 15) is 14.6 Å². The van der Waals surface area contributed by atoms with Crippen LogP contribution in [-0.4, -0.2) is 59.1 Å². The fraction of sp³-hybridized carbons (Fsp3) is 0.524. The van der Waals surface area contributed by atoms with Crippen LogP contribution >= 0.6 is 0 Å². The fourth-order valence-electron chi connectivity index (χ4n) is 4.48. The molecule has 5 rings (SSSR count). The van der Waals surface area contributed by atoms with Gasteiger partial charge < -0.3 is 20.3 Å². The average Bonchev–Trinajstić information content (AvgIpc) is 3.49. The van der Waals surface area contributed by atoms with Gasteiger partial charge in [0.1, 0.15) is 18.5 Å². The third kappa shape index (κ3) is 3.98. The molecule has 2 aliphatic rings.